The largest absolute Gasteiger partial charge is 0.443 e. The highest BCUT2D eigenvalue weighted by atomic mass is 19.4. The lowest BCUT2D eigenvalue weighted by atomic mass is 9.95. The summed E-state index contributed by atoms with van der Waals surface area (Å²) in [7, 11) is 1.54. The fourth-order valence-corrected chi connectivity index (χ4v) is 3.18. The fourth-order valence-electron chi connectivity index (χ4n) is 3.18. The first-order chi connectivity index (χ1) is 13.6. The minimum Gasteiger partial charge on any atom is -0.443 e. The zero-order valence-electron chi connectivity index (χ0n) is 15.5. The van der Waals surface area contributed by atoms with Crippen LogP contribution >= 0.6 is 0 Å². The van der Waals surface area contributed by atoms with Crippen molar-refractivity contribution in [1.29, 1.82) is 0 Å². The van der Waals surface area contributed by atoms with Crippen LogP contribution in [0.1, 0.15) is 41.0 Å². The number of halogens is 3. The number of rotatable bonds is 4. The van der Waals surface area contributed by atoms with Gasteiger partial charge in [-0.2, -0.15) is 13.2 Å². The molecule has 1 aromatic heterocycles. The molecule has 29 heavy (non-hydrogen) atoms. The van der Waals surface area contributed by atoms with Crippen molar-refractivity contribution in [3.8, 4) is 0 Å². The number of likely N-dealkylation sites (N-methyl/N-ethyl adjacent to an activating group) is 1. The van der Waals surface area contributed by atoms with Crippen LogP contribution in [0.15, 0.2) is 12.1 Å². The Labute approximate surface area is 163 Å². The fraction of sp³-hybridized carbons (Fsp3) is 0.500. The number of hydrogen-bond donors (Lipinski definition) is 0. The molecule has 2 aliphatic rings. The van der Waals surface area contributed by atoms with E-state index in [1.807, 2.05) is 0 Å². The first-order valence-corrected chi connectivity index (χ1v) is 8.91. The highest BCUT2D eigenvalue weighted by molar-refractivity contribution is 6.09. The van der Waals surface area contributed by atoms with Crippen molar-refractivity contribution in [2.75, 3.05) is 20.1 Å². The summed E-state index contributed by atoms with van der Waals surface area (Å²) in [5.41, 5.74) is -1.87. The maximum atomic E-state index is 13.1. The van der Waals surface area contributed by atoms with Gasteiger partial charge in [-0.25, -0.2) is 14.6 Å². The molecule has 1 aromatic rings. The van der Waals surface area contributed by atoms with E-state index in [2.05, 4.69) is 4.98 Å². The molecule has 0 radical (unpaired) electrons. The Hall–Kier alpha value is -2.98. The second-order valence-electron chi connectivity index (χ2n) is 6.89. The SMILES string of the molecule is CN1CCN(Cc2nc(C(F)(F)F)ccc2C(=O)OC2C(=O)CCCC2=O)C1=O. The Kier molecular flexibility index (Phi) is 5.58. The van der Waals surface area contributed by atoms with Crippen LogP contribution in [0, 0.1) is 0 Å². The number of pyridine rings is 1. The molecule has 0 atom stereocenters. The third kappa shape index (κ3) is 4.38. The highest BCUT2D eigenvalue weighted by Gasteiger charge is 2.37. The van der Waals surface area contributed by atoms with E-state index in [0.29, 0.717) is 19.0 Å². The first kappa shape index (κ1) is 20.7. The van der Waals surface area contributed by atoms with Gasteiger partial charge in [-0.05, 0) is 18.6 Å². The number of ketones is 2. The zero-order chi connectivity index (χ0) is 21.3. The molecule has 2 fully saturated rings. The van der Waals surface area contributed by atoms with Crippen LogP contribution in [0.25, 0.3) is 0 Å². The number of urea groups is 1. The minimum atomic E-state index is -4.75. The quantitative estimate of drug-likeness (QED) is 0.552. The lowest BCUT2D eigenvalue weighted by Gasteiger charge is -2.21. The summed E-state index contributed by atoms with van der Waals surface area (Å²) in [6.07, 6.45) is -5.79. The second-order valence-corrected chi connectivity index (χ2v) is 6.89. The third-order valence-corrected chi connectivity index (χ3v) is 4.78. The van der Waals surface area contributed by atoms with Crippen LogP contribution in [0.2, 0.25) is 0 Å². The number of esters is 1. The van der Waals surface area contributed by atoms with E-state index < -0.39 is 41.5 Å². The Balaban J connectivity index is 1.90. The molecule has 1 saturated heterocycles. The Morgan fingerprint density at radius 2 is 1.83 bits per heavy atom. The van der Waals surface area contributed by atoms with E-state index in [1.54, 1.807) is 0 Å². The van der Waals surface area contributed by atoms with Crippen molar-refractivity contribution in [2.45, 2.75) is 38.1 Å². The third-order valence-electron chi connectivity index (χ3n) is 4.78. The van der Waals surface area contributed by atoms with Crippen LogP contribution in [0.5, 0.6) is 0 Å². The number of ether oxygens (including phenoxy) is 1. The molecular formula is C18H18F3N3O5. The van der Waals surface area contributed by atoms with Gasteiger partial charge in [0.15, 0.2) is 11.6 Å². The summed E-state index contributed by atoms with van der Waals surface area (Å²) in [6.45, 7) is 0.286. The summed E-state index contributed by atoms with van der Waals surface area (Å²) < 4.78 is 44.2. The molecule has 11 heteroatoms. The molecule has 2 amide bonds. The molecule has 3 rings (SSSR count). The Bertz CT molecular complexity index is 855. The molecule has 1 saturated carbocycles. The Morgan fingerprint density at radius 3 is 2.38 bits per heavy atom. The monoisotopic (exact) mass is 413 g/mol. The van der Waals surface area contributed by atoms with Crippen LogP contribution in [0.4, 0.5) is 18.0 Å². The van der Waals surface area contributed by atoms with E-state index in [0.717, 1.165) is 6.07 Å². The number of nitrogens with zero attached hydrogens (tertiary/aromatic N) is 3. The van der Waals surface area contributed by atoms with Gasteiger partial charge in [0.2, 0.25) is 6.10 Å². The first-order valence-electron chi connectivity index (χ1n) is 8.91. The van der Waals surface area contributed by atoms with E-state index >= 15 is 0 Å². The number of aromatic nitrogens is 1. The number of amides is 2. The van der Waals surface area contributed by atoms with Gasteiger partial charge in [-0.15, -0.1) is 0 Å². The topological polar surface area (TPSA) is 96.9 Å². The summed E-state index contributed by atoms with van der Waals surface area (Å²) >= 11 is 0. The number of carbonyl (C=O) groups is 4. The number of carbonyl (C=O) groups excluding carboxylic acids is 4. The Morgan fingerprint density at radius 1 is 1.17 bits per heavy atom. The zero-order valence-corrected chi connectivity index (χ0v) is 15.5. The lowest BCUT2D eigenvalue weighted by Crippen LogP contribution is -2.38. The van der Waals surface area contributed by atoms with Gasteiger partial charge in [0.05, 0.1) is 17.8 Å². The van der Waals surface area contributed by atoms with Crippen molar-refractivity contribution >= 4 is 23.6 Å². The molecule has 8 nitrogen and oxygen atoms in total. The molecule has 2 heterocycles. The standard InChI is InChI=1S/C18H18F3N3O5/c1-23-7-8-24(17(23)28)9-11-10(5-6-14(22-11)18(19,20)21)16(27)29-15-12(25)3-2-4-13(15)26/h5-6,15H,2-4,7-9H2,1H3. The maximum Gasteiger partial charge on any atom is 0.433 e. The van der Waals surface area contributed by atoms with Gasteiger partial charge in [0.25, 0.3) is 0 Å². The van der Waals surface area contributed by atoms with Gasteiger partial charge >= 0.3 is 18.2 Å². The maximum absolute atomic E-state index is 13.1. The van der Waals surface area contributed by atoms with Gasteiger partial charge in [-0.3, -0.25) is 9.59 Å². The normalized spacial score (nSPS) is 18.6. The molecule has 156 valence electrons. The summed E-state index contributed by atoms with van der Waals surface area (Å²) in [6, 6.07) is 1.08. The second kappa shape index (κ2) is 7.80. The van der Waals surface area contributed by atoms with Gasteiger partial charge in [0.1, 0.15) is 5.69 Å². The predicted molar refractivity (Wildman–Crippen MR) is 90.7 cm³/mol. The van der Waals surface area contributed by atoms with E-state index in [1.165, 1.54) is 16.8 Å². The van der Waals surface area contributed by atoms with Crippen molar-refractivity contribution in [3.63, 3.8) is 0 Å². The van der Waals surface area contributed by atoms with Crippen molar-refractivity contribution in [2.24, 2.45) is 0 Å². The molecular weight excluding hydrogens is 395 g/mol. The number of hydrogen-bond acceptors (Lipinski definition) is 6. The average molecular weight is 413 g/mol. The van der Waals surface area contributed by atoms with Gasteiger partial charge < -0.3 is 14.5 Å². The number of Topliss-reactive ketones (excluding diaryl/α,β-unsaturated/α-hetero) is 2. The highest BCUT2D eigenvalue weighted by Crippen LogP contribution is 2.29. The average Bonchev–Trinajstić information content (AvgIpc) is 2.96. The van der Waals surface area contributed by atoms with E-state index in [-0.39, 0.29) is 37.2 Å². The van der Waals surface area contributed by atoms with Gasteiger partial charge in [0, 0.05) is 33.0 Å². The van der Waals surface area contributed by atoms with Crippen molar-refractivity contribution < 1.29 is 37.1 Å². The van der Waals surface area contributed by atoms with Crippen LogP contribution in [-0.4, -0.2) is 64.6 Å². The van der Waals surface area contributed by atoms with Crippen molar-refractivity contribution in [1.82, 2.24) is 14.8 Å². The molecule has 1 aliphatic carbocycles. The molecule has 1 aliphatic heterocycles. The molecule has 0 N–H and O–H groups in total. The smallest absolute Gasteiger partial charge is 0.433 e. The molecule has 0 unspecified atom stereocenters. The lowest BCUT2D eigenvalue weighted by molar-refractivity contribution is -0.142. The van der Waals surface area contributed by atoms with E-state index in [9.17, 15) is 32.3 Å². The molecule has 0 bridgehead atoms. The number of alkyl halides is 3. The van der Waals surface area contributed by atoms with Crippen molar-refractivity contribution in [3.05, 3.63) is 29.1 Å². The predicted octanol–water partition coefficient (Wildman–Crippen LogP) is 1.82. The summed E-state index contributed by atoms with van der Waals surface area (Å²) in [4.78, 5) is 54.5. The summed E-state index contributed by atoms with van der Waals surface area (Å²) in [5.74, 6) is -2.23. The minimum absolute atomic E-state index is 0.0798. The van der Waals surface area contributed by atoms with E-state index in [4.69, 9.17) is 4.74 Å². The van der Waals surface area contributed by atoms with Crippen LogP contribution < -0.4 is 0 Å². The molecule has 0 spiro atoms. The summed E-state index contributed by atoms with van der Waals surface area (Å²) in [5, 5.41) is 0. The van der Waals surface area contributed by atoms with Gasteiger partial charge in [-0.1, -0.05) is 0 Å². The van der Waals surface area contributed by atoms with Crippen LogP contribution in [-0.2, 0) is 27.0 Å². The molecule has 0 aromatic carbocycles. The van der Waals surface area contributed by atoms with Crippen LogP contribution in [0.3, 0.4) is 0 Å².